The van der Waals surface area contributed by atoms with Crippen LogP contribution in [0.2, 0.25) is 0 Å². The molecule has 0 spiro atoms. The molecule has 1 aromatic heterocycles. The Labute approximate surface area is 196 Å². The van der Waals surface area contributed by atoms with Crippen LogP contribution in [-0.2, 0) is 26.0 Å². The summed E-state index contributed by atoms with van der Waals surface area (Å²) in [7, 11) is -3.64. The summed E-state index contributed by atoms with van der Waals surface area (Å²) in [5.74, 6) is -0.583. The molecule has 7 nitrogen and oxygen atoms in total. The number of carbonyl (C=O) groups is 1. The zero-order valence-electron chi connectivity index (χ0n) is 18.2. The molecule has 1 amide bonds. The number of hydrogen-bond acceptors (Lipinski definition) is 6. The first-order valence-corrected chi connectivity index (χ1v) is 12.8. The van der Waals surface area contributed by atoms with Crippen molar-refractivity contribution in [3.8, 4) is 10.6 Å². The summed E-state index contributed by atoms with van der Waals surface area (Å²) < 4.78 is 46.0. The van der Waals surface area contributed by atoms with Crippen LogP contribution < -0.4 is 5.32 Å². The maximum atomic E-state index is 13.1. The minimum Gasteiger partial charge on any atom is -0.373 e. The fraction of sp³-hybridized carbons (Fsp3) is 0.304. The van der Waals surface area contributed by atoms with Crippen LogP contribution in [0.25, 0.3) is 10.6 Å². The van der Waals surface area contributed by atoms with Gasteiger partial charge < -0.3 is 10.1 Å². The van der Waals surface area contributed by atoms with Crippen LogP contribution >= 0.6 is 11.3 Å². The van der Waals surface area contributed by atoms with Crippen LogP contribution in [0.4, 0.5) is 10.1 Å². The van der Waals surface area contributed by atoms with E-state index in [-0.39, 0.29) is 35.2 Å². The van der Waals surface area contributed by atoms with Gasteiger partial charge in [0.2, 0.25) is 15.9 Å². The zero-order chi connectivity index (χ0) is 23.6. The van der Waals surface area contributed by atoms with E-state index in [9.17, 15) is 17.6 Å². The first-order valence-electron chi connectivity index (χ1n) is 10.5. The smallest absolute Gasteiger partial charge is 0.243 e. The highest BCUT2D eigenvalue weighted by Crippen LogP contribution is 2.25. The van der Waals surface area contributed by atoms with E-state index in [4.69, 9.17) is 4.74 Å². The van der Waals surface area contributed by atoms with Gasteiger partial charge in [0.1, 0.15) is 10.8 Å². The van der Waals surface area contributed by atoms with Crippen LogP contribution in [0.3, 0.4) is 0 Å². The fourth-order valence-electron chi connectivity index (χ4n) is 3.67. The Bertz CT molecular complexity index is 1220. The Morgan fingerprint density at radius 2 is 1.76 bits per heavy atom. The Balaban J connectivity index is 1.38. The van der Waals surface area contributed by atoms with Gasteiger partial charge >= 0.3 is 0 Å². The van der Waals surface area contributed by atoms with Gasteiger partial charge in [0.25, 0.3) is 0 Å². The monoisotopic (exact) mass is 489 g/mol. The number of halogens is 1. The standard InChI is InChI=1S/C23H24FN3O4S2/c1-15-12-27(13-16(2)31-15)33(29,30)21-9-7-19(8-10-21)25-22(28)11-20-14-32-23(26-20)17-3-5-18(24)6-4-17/h3-10,14-16H,11-13H2,1-2H3,(H,25,28). The van der Waals surface area contributed by atoms with E-state index in [1.165, 1.54) is 39.9 Å². The number of nitrogens with one attached hydrogen (secondary N) is 1. The van der Waals surface area contributed by atoms with Gasteiger partial charge in [0, 0.05) is 29.7 Å². The molecule has 174 valence electrons. The van der Waals surface area contributed by atoms with Crippen LogP contribution in [-0.4, -0.2) is 48.9 Å². The Hall–Kier alpha value is -2.66. The molecule has 1 fully saturated rings. The molecule has 1 N–H and O–H groups in total. The van der Waals surface area contributed by atoms with Gasteiger partial charge in [-0.2, -0.15) is 4.31 Å². The number of nitrogens with zero attached hydrogens (tertiary/aromatic N) is 2. The van der Waals surface area contributed by atoms with Crippen molar-refractivity contribution < 1.29 is 22.3 Å². The molecular formula is C23H24FN3O4S2. The molecule has 1 aliphatic heterocycles. The molecule has 2 atom stereocenters. The van der Waals surface area contributed by atoms with Crippen molar-refractivity contribution in [2.75, 3.05) is 18.4 Å². The van der Waals surface area contributed by atoms with Gasteiger partial charge in [-0.1, -0.05) is 0 Å². The molecular weight excluding hydrogens is 465 g/mol. The van der Waals surface area contributed by atoms with E-state index in [1.54, 1.807) is 29.6 Å². The quantitative estimate of drug-likeness (QED) is 0.567. The first kappa shape index (κ1) is 23.5. The molecule has 0 aliphatic carbocycles. The van der Waals surface area contributed by atoms with E-state index in [2.05, 4.69) is 10.3 Å². The molecule has 1 saturated heterocycles. The van der Waals surface area contributed by atoms with Gasteiger partial charge in [-0.05, 0) is 62.4 Å². The van der Waals surface area contributed by atoms with E-state index in [0.717, 1.165) is 5.56 Å². The Morgan fingerprint density at radius 3 is 2.39 bits per heavy atom. The summed E-state index contributed by atoms with van der Waals surface area (Å²) in [4.78, 5) is 17.1. The molecule has 0 saturated carbocycles. The van der Waals surface area contributed by atoms with Crippen LogP contribution in [0.5, 0.6) is 0 Å². The van der Waals surface area contributed by atoms with E-state index < -0.39 is 10.0 Å². The van der Waals surface area contributed by atoms with Crippen molar-refractivity contribution in [3.05, 3.63) is 65.4 Å². The average Bonchev–Trinajstić information content (AvgIpc) is 3.22. The number of aromatic nitrogens is 1. The summed E-state index contributed by atoms with van der Waals surface area (Å²) >= 11 is 1.38. The molecule has 33 heavy (non-hydrogen) atoms. The number of anilines is 1. The molecule has 2 aromatic carbocycles. The van der Waals surface area contributed by atoms with Crippen molar-refractivity contribution >= 4 is 33.0 Å². The minimum atomic E-state index is -3.64. The van der Waals surface area contributed by atoms with Gasteiger partial charge in [0.15, 0.2) is 0 Å². The first-order chi connectivity index (χ1) is 15.7. The third kappa shape index (κ3) is 5.64. The predicted molar refractivity (Wildman–Crippen MR) is 125 cm³/mol. The molecule has 2 unspecified atom stereocenters. The normalized spacial score (nSPS) is 19.4. The van der Waals surface area contributed by atoms with Crippen LogP contribution in [0.1, 0.15) is 19.5 Å². The van der Waals surface area contributed by atoms with Crippen molar-refractivity contribution in [3.63, 3.8) is 0 Å². The summed E-state index contributed by atoms with van der Waals surface area (Å²) in [6.45, 7) is 4.31. The largest absolute Gasteiger partial charge is 0.373 e. The number of hydrogen-bond donors (Lipinski definition) is 1. The molecule has 2 heterocycles. The predicted octanol–water partition coefficient (Wildman–Crippen LogP) is 3.93. The van der Waals surface area contributed by atoms with Crippen molar-refractivity contribution in [1.82, 2.24) is 9.29 Å². The van der Waals surface area contributed by atoms with Gasteiger partial charge in [0.05, 0.1) is 29.2 Å². The SMILES string of the molecule is CC1CN(S(=O)(=O)c2ccc(NC(=O)Cc3csc(-c4ccc(F)cc4)n3)cc2)CC(C)O1. The maximum absolute atomic E-state index is 13.1. The number of sulfonamides is 1. The second kappa shape index (κ2) is 9.68. The zero-order valence-corrected chi connectivity index (χ0v) is 19.8. The second-order valence-electron chi connectivity index (χ2n) is 7.98. The number of carbonyl (C=O) groups excluding carboxylic acids is 1. The molecule has 0 radical (unpaired) electrons. The minimum absolute atomic E-state index is 0.0707. The van der Waals surface area contributed by atoms with Crippen molar-refractivity contribution in [1.29, 1.82) is 0 Å². The summed E-state index contributed by atoms with van der Waals surface area (Å²) in [6, 6.07) is 12.2. The van der Waals surface area contributed by atoms with Crippen molar-refractivity contribution in [2.45, 2.75) is 37.4 Å². The van der Waals surface area contributed by atoms with Crippen LogP contribution in [0.15, 0.2) is 58.8 Å². The lowest BCUT2D eigenvalue weighted by Gasteiger charge is -2.34. The molecule has 10 heteroatoms. The second-order valence-corrected chi connectivity index (χ2v) is 10.8. The summed E-state index contributed by atoms with van der Waals surface area (Å²) in [5.41, 5.74) is 1.89. The Morgan fingerprint density at radius 1 is 1.12 bits per heavy atom. The van der Waals surface area contributed by atoms with Gasteiger partial charge in [-0.15, -0.1) is 11.3 Å². The highest BCUT2D eigenvalue weighted by atomic mass is 32.2. The lowest BCUT2D eigenvalue weighted by atomic mass is 10.2. The molecule has 0 bridgehead atoms. The third-order valence-electron chi connectivity index (χ3n) is 5.15. The number of rotatable bonds is 6. The fourth-order valence-corrected chi connectivity index (χ4v) is 6.09. The van der Waals surface area contributed by atoms with Gasteiger partial charge in [-0.3, -0.25) is 4.79 Å². The molecule has 3 aromatic rings. The average molecular weight is 490 g/mol. The topological polar surface area (TPSA) is 88.6 Å². The summed E-state index contributed by atoms with van der Waals surface area (Å²) in [5, 5.41) is 5.26. The highest BCUT2D eigenvalue weighted by molar-refractivity contribution is 7.89. The third-order valence-corrected chi connectivity index (χ3v) is 7.93. The van der Waals surface area contributed by atoms with E-state index in [1.807, 2.05) is 13.8 Å². The number of morpholine rings is 1. The Kier molecular flexibility index (Phi) is 6.89. The molecule has 1 aliphatic rings. The number of benzene rings is 2. The van der Waals surface area contributed by atoms with E-state index in [0.29, 0.717) is 29.5 Å². The lowest BCUT2D eigenvalue weighted by Crippen LogP contribution is -2.48. The lowest BCUT2D eigenvalue weighted by molar-refractivity contribution is -0.115. The summed E-state index contributed by atoms with van der Waals surface area (Å²) in [6.07, 6.45) is -0.269. The number of thiazole rings is 1. The van der Waals surface area contributed by atoms with E-state index >= 15 is 0 Å². The highest BCUT2D eigenvalue weighted by Gasteiger charge is 2.32. The molecule has 4 rings (SSSR count). The van der Waals surface area contributed by atoms with Crippen LogP contribution in [0, 0.1) is 5.82 Å². The maximum Gasteiger partial charge on any atom is 0.243 e. The number of amides is 1. The van der Waals surface area contributed by atoms with Crippen molar-refractivity contribution in [2.24, 2.45) is 0 Å². The van der Waals surface area contributed by atoms with Gasteiger partial charge in [-0.25, -0.2) is 17.8 Å². The number of ether oxygens (including phenoxy) is 1.